The smallest absolute Gasteiger partial charge is 0.262 e. The van der Waals surface area contributed by atoms with Crippen LogP contribution in [0.3, 0.4) is 0 Å². The second-order valence-corrected chi connectivity index (χ2v) is 7.59. The molecule has 0 amide bonds. The van der Waals surface area contributed by atoms with Crippen molar-refractivity contribution in [1.82, 2.24) is 0 Å². The summed E-state index contributed by atoms with van der Waals surface area (Å²) in [5.41, 5.74) is 2.14. The van der Waals surface area contributed by atoms with Crippen LogP contribution >= 0.6 is 0 Å². The Morgan fingerprint density at radius 3 is 2.24 bits per heavy atom. The summed E-state index contributed by atoms with van der Waals surface area (Å²) in [5.74, 6) is -0.476. The van der Waals surface area contributed by atoms with Crippen LogP contribution in [0.15, 0.2) is 83.8 Å². The van der Waals surface area contributed by atoms with E-state index < -0.39 is 15.8 Å². The monoisotopic (exact) mass is 355 g/mol. The molecule has 0 aromatic heterocycles. The van der Waals surface area contributed by atoms with Gasteiger partial charge in [0.25, 0.3) is 10.0 Å². The van der Waals surface area contributed by atoms with Gasteiger partial charge in [-0.2, -0.15) is 0 Å². The van der Waals surface area contributed by atoms with E-state index >= 15 is 0 Å². The van der Waals surface area contributed by atoms with Crippen molar-refractivity contribution in [3.8, 4) is 0 Å². The second kappa shape index (κ2) is 7.07. The summed E-state index contributed by atoms with van der Waals surface area (Å²) in [5, 5.41) is 0. The van der Waals surface area contributed by atoms with Crippen LogP contribution in [0.2, 0.25) is 0 Å². The molecule has 0 spiro atoms. The Balaban J connectivity index is 2.11. The first-order valence-corrected chi connectivity index (χ1v) is 9.30. The van der Waals surface area contributed by atoms with Crippen LogP contribution in [-0.4, -0.2) is 8.42 Å². The first-order chi connectivity index (χ1) is 12.0. The van der Waals surface area contributed by atoms with Gasteiger partial charge in [0.2, 0.25) is 0 Å². The van der Waals surface area contributed by atoms with E-state index in [2.05, 4.69) is 0 Å². The van der Waals surface area contributed by atoms with Crippen LogP contribution in [0.5, 0.6) is 0 Å². The number of sulfonamides is 1. The second-order valence-electron chi connectivity index (χ2n) is 5.73. The number of halogens is 1. The Morgan fingerprint density at radius 1 is 0.880 bits per heavy atom. The molecule has 0 bridgehead atoms. The molecule has 0 atom stereocenters. The van der Waals surface area contributed by atoms with Crippen molar-refractivity contribution in [3.05, 3.63) is 95.8 Å². The minimum atomic E-state index is -3.82. The Hall–Kier alpha value is -2.66. The molecule has 0 radical (unpaired) electrons. The zero-order valence-electron chi connectivity index (χ0n) is 13.8. The lowest BCUT2D eigenvalue weighted by molar-refractivity contribution is 0.590. The van der Waals surface area contributed by atoms with E-state index in [1.165, 1.54) is 22.5 Å². The van der Waals surface area contributed by atoms with Crippen LogP contribution in [0.4, 0.5) is 10.1 Å². The fraction of sp³-hybridized carbons (Fsp3) is 0.100. The van der Waals surface area contributed by atoms with Crippen molar-refractivity contribution in [2.75, 3.05) is 4.31 Å². The van der Waals surface area contributed by atoms with Gasteiger partial charge >= 0.3 is 0 Å². The topological polar surface area (TPSA) is 37.4 Å². The van der Waals surface area contributed by atoms with E-state index in [-0.39, 0.29) is 11.4 Å². The fourth-order valence-electron chi connectivity index (χ4n) is 2.61. The zero-order chi connectivity index (χ0) is 17.9. The lowest BCUT2D eigenvalue weighted by Crippen LogP contribution is -2.31. The van der Waals surface area contributed by atoms with Gasteiger partial charge in [-0.1, -0.05) is 48.5 Å². The molecule has 3 nitrogen and oxygen atoms in total. The largest absolute Gasteiger partial charge is 0.264 e. The molecule has 0 unspecified atom stereocenters. The lowest BCUT2D eigenvalue weighted by atomic mass is 10.1. The molecule has 0 aliphatic rings. The first kappa shape index (κ1) is 17.2. The number of aryl methyl sites for hydroxylation is 1. The molecule has 0 heterocycles. The molecule has 3 aromatic carbocycles. The Labute approximate surface area is 147 Å². The number of nitrogens with zero attached hydrogens (tertiary/aromatic N) is 1. The molecule has 25 heavy (non-hydrogen) atoms. The first-order valence-electron chi connectivity index (χ1n) is 7.86. The molecule has 5 heteroatoms. The highest BCUT2D eigenvalue weighted by Gasteiger charge is 2.25. The molecule has 128 valence electrons. The van der Waals surface area contributed by atoms with Crippen molar-refractivity contribution in [3.63, 3.8) is 0 Å². The minimum Gasteiger partial charge on any atom is -0.262 e. The molecule has 0 saturated carbocycles. The summed E-state index contributed by atoms with van der Waals surface area (Å²) >= 11 is 0. The van der Waals surface area contributed by atoms with Gasteiger partial charge in [-0.3, -0.25) is 4.31 Å². The molecule has 0 N–H and O–H groups in total. The predicted molar refractivity (Wildman–Crippen MR) is 97.4 cm³/mol. The van der Waals surface area contributed by atoms with Crippen molar-refractivity contribution >= 4 is 15.7 Å². The molecule has 3 rings (SSSR count). The third kappa shape index (κ3) is 3.72. The van der Waals surface area contributed by atoms with Crippen LogP contribution in [-0.2, 0) is 16.6 Å². The van der Waals surface area contributed by atoms with Gasteiger partial charge in [-0.25, -0.2) is 12.8 Å². The Bertz CT molecular complexity index is 972. The number of rotatable bonds is 5. The number of anilines is 1. The molecule has 3 aromatic rings. The molecular formula is C20H18FNO2S. The summed E-state index contributed by atoms with van der Waals surface area (Å²) in [6, 6.07) is 21.4. The zero-order valence-corrected chi connectivity index (χ0v) is 14.6. The Kier molecular flexibility index (Phi) is 4.86. The maximum Gasteiger partial charge on any atom is 0.264 e. The molecular weight excluding hydrogens is 337 g/mol. The van der Waals surface area contributed by atoms with Gasteiger partial charge in [0.1, 0.15) is 5.82 Å². The van der Waals surface area contributed by atoms with E-state index in [0.717, 1.165) is 11.1 Å². The third-order valence-corrected chi connectivity index (χ3v) is 5.79. The van der Waals surface area contributed by atoms with Gasteiger partial charge < -0.3 is 0 Å². The van der Waals surface area contributed by atoms with Crippen LogP contribution < -0.4 is 4.31 Å². The van der Waals surface area contributed by atoms with E-state index in [4.69, 9.17) is 0 Å². The molecule has 0 aliphatic carbocycles. The third-order valence-electron chi connectivity index (χ3n) is 4.00. The van der Waals surface area contributed by atoms with Gasteiger partial charge in [-0.15, -0.1) is 0 Å². The van der Waals surface area contributed by atoms with Gasteiger partial charge in [0, 0.05) is 0 Å². The predicted octanol–water partition coefficient (Wildman–Crippen LogP) is 4.53. The maximum absolute atomic E-state index is 13.7. The van der Waals surface area contributed by atoms with Gasteiger partial charge in [-0.05, 0) is 48.4 Å². The van der Waals surface area contributed by atoms with E-state index in [9.17, 15) is 12.8 Å². The van der Waals surface area contributed by atoms with Crippen molar-refractivity contribution in [2.45, 2.75) is 18.4 Å². The van der Waals surface area contributed by atoms with Crippen LogP contribution in [0, 0.1) is 12.7 Å². The SMILES string of the molecule is Cc1ccccc1CN(c1cccc(F)c1)S(=O)(=O)c1ccccc1. The summed E-state index contributed by atoms with van der Waals surface area (Å²) in [6.45, 7) is 2.06. The average molecular weight is 355 g/mol. The summed E-state index contributed by atoms with van der Waals surface area (Å²) < 4.78 is 41.3. The lowest BCUT2D eigenvalue weighted by Gasteiger charge is -2.25. The summed E-state index contributed by atoms with van der Waals surface area (Å²) in [4.78, 5) is 0.174. The van der Waals surface area contributed by atoms with Gasteiger partial charge in [0.15, 0.2) is 0 Å². The van der Waals surface area contributed by atoms with E-state index in [1.807, 2.05) is 31.2 Å². The van der Waals surface area contributed by atoms with Gasteiger partial charge in [0.05, 0.1) is 17.1 Å². The quantitative estimate of drug-likeness (QED) is 0.674. The highest BCUT2D eigenvalue weighted by atomic mass is 32.2. The van der Waals surface area contributed by atoms with Crippen molar-refractivity contribution in [2.24, 2.45) is 0 Å². The summed E-state index contributed by atoms with van der Waals surface area (Å²) in [6.07, 6.45) is 0. The number of hydrogen-bond donors (Lipinski definition) is 0. The fourth-order valence-corrected chi connectivity index (χ4v) is 4.06. The van der Waals surface area contributed by atoms with Crippen LogP contribution in [0.25, 0.3) is 0 Å². The van der Waals surface area contributed by atoms with Crippen molar-refractivity contribution < 1.29 is 12.8 Å². The normalized spacial score (nSPS) is 11.3. The van der Waals surface area contributed by atoms with E-state index in [0.29, 0.717) is 5.69 Å². The molecule has 0 fully saturated rings. The van der Waals surface area contributed by atoms with Crippen molar-refractivity contribution in [1.29, 1.82) is 0 Å². The Morgan fingerprint density at radius 2 is 1.56 bits per heavy atom. The molecule has 0 saturated heterocycles. The minimum absolute atomic E-state index is 0.132. The maximum atomic E-state index is 13.7. The standard InChI is InChI=1S/C20H18FNO2S/c1-16-8-5-6-9-17(16)15-22(19-11-7-10-18(21)14-19)25(23,24)20-12-3-2-4-13-20/h2-14H,15H2,1H3. The molecule has 0 aliphatic heterocycles. The van der Waals surface area contributed by atoms with Crippen LogP contribution in [0.1, 0.15) is 11.1 Å². The highest BCUT2D eigenvalue weighted by molar-refractivity contribution is 7.92. The summed E-state index contributed by atoms with van der Waals surface area (Å²) in [7, 11) is -3.82. The highest BCUT2D eigenvalue weighted by Crippen LogP contribution is 2.27. The average Bonchev–Trinajstić information content (AvgIpc) is 2.61. The van der Waals surface area contributed by atoms with E-state index in [1.54, 1.807) is 36.4 Å². The number of hydrogen-bond acceptors (Lipinski definition) is 2. The number of benzene rings is 3.